The minimum atomic E-state index is 0.445. The summed E-state index contributed by atoms with van der Waals surface area (Å²) in [6.45, 7) is 3.86. The van der Waals surface area contributed by atoms with Crippen LogP contribution in [0.3, 0.4) is 0 Å². The number of nitrogens with zero attached hydrogens (tertiary/aromatic N) is 3. The van der Waals surface area contributed by atoms with E-state index < -0.39 is 0 Å². The lowest BCUT2D eigenvalue weighted by molar-refractivity contribution is 0.140. The fourth-order valence-corrected chi connectivity index (χ4v) is 1.64. The SMILES string of the molecule is CCOCCn1c(N)nc2ccc(OC)nc21. The van der Waals surface area contributed by atoms with Gasteiger partial charge in [-0.25, -0.2) is 4.98 Å². The van der Waals surface area contributed by atoms with E-state index in [4.69, 9.17) is 15.2 Å². The topological polar surface area (TPSA) is 75.2 Å². The second kappa shape index (κ2) is 5.01. The second-order valence-corrected chi connectivity index (χ2v) is 3.51. The van der Waals surface area contributed by atoms with E-state index >= 15 is 0 Å². The standard InChI is InChI=1S/C11H16N4O2/c1-3-17-7-6-15-10-8(13-11(15)12)4-5-9(14-10)16-2/h4-5H,3,6-7H2,1-2H3,(H2,12,13). The van der Waals surface area contributed by atoms with Gasteiger partial charge >= 0.3 is 0 Å². The van der Waals surface area contributed by atoms with Crippen molar-refractivity contribution in [1.29, 1.82) is 0 Å². The molecule has 0 amide bonds. The molecule has 0 bridgehead atoms. The van der Waals surface area contributed by atoms with Crippen molar-refractivity contribution in [1.82, 2.24) is 14.5 Å². The first-order valence-corrected chi connectivity index (χ1v) is 5.50. The van der Waals surface area contributed by atoms with Gasteiger partial charge < -0.3 is 15.2 Å². The highest BCUT2D eigenvalue weighted by atomic mass is 16.5. The molecule has 92 valence electrons. The Hall–Kier alpha value is -1.82. The summed E-state index contributed by atoms with van der Waals surface area (Å²) < 4.78 is 12.2. The molecule has 2 aromatic heterocycles. The van der Waals surface area contributed by atoms with Gasteiger partial charge in [-0.2, -0.15) is 4.98 Å². The number of imidazole rings is 1. The van der Waals surface area contributed by atoms with Crippen molar-refractivity contribution in [3.63, 3.8) is 0 Å². The number of hydrogen-bond acceptors (Lipinski definition) is 5. The zero-order valence-corrected chi connectivity index (χ0v) is 10.0. The van der Waals surface area contributed by atoms with Crippen LogP contribution in [0.25, 0.3) is 11.2 Å². The van der Waals surface area contributed by atoms with E-state index in [2.05, 4.69) is 9.97 Å². The number of rotatable bonds is 5. The second-order valence-electron chi connectivity index (χ2n) is 3.51. The Labute approximate surface area is 99.4 Å². The number of aromatic nitrogens is 3. The number of hydrogen-bond donors (Lipinski definition) is 1. The van der Waals surface area contributed by atoms with Gasteiger partial charge in [-0.1, -0.05) is 0 Å². The Balaban J connectivity index is 2.34. The zero-order chi connectivity index (χ0) is 12.3. The minimum Gasteiger partial charge on any atom is -0.481 e. The molecule has 0 fully saturated rings. The first-order valence-electron chi connectivity index (χ1n) is 5.50. The van der Waals surface area contributed by atoms with Crippen molar-refractivity contribution in [3.8, 4) is 5.88 Å². The lowest BCUT2D eigenvalue weighted by Crippen LogP contribution is -2.09. The van der Waals surface area contributed by atoms with E-state index in [1.165, 1.54) is 0 Å². The van der Waals surface area contributed by atoms with Gasteiger partial charge in [-0.15, -0.1) is 0 Å². The summed E-state index contributed by atoms with van der Waals surface area (Å²) in [6.07, 6.45) is 0. The molecule has 2 N–H and O–H groups in total. The molecule has 2 rings (SSSR count). The predicted molar refractivity (Wildman–Crippen MR) is 65.0 cm³/mol. The monoisotopic (exact) mass is 236 g/mol. The average Bonchev–Trinajstić information content (AvgIpc) is 2.65. The molecule has 6 heteroatoms. The van der Waals surface area contributed by atoms with Crippen molar-refractivity contribution >= 4 is 17.1 Å². The van der Waals surface area contributed by atoms with E-state index in [1.807, 2.05) is 17.6 Å². The Morgan fingerprint density at radius 3 is 2.88 bits per heavy atom. The first kappa shape index (κ1) is 11.7. The molecule has 0 unspecified atom stereocenters. The van der Waals surface area contributed by atoms with Crippen molar-refractivity contribution < 1.29 is 9.47 Å². The van der Waals surface area contributed by atoms with Crippen LogP contribution in [0.1, 0.15) is 6.92 Å². The van der Waals surface area contributed by atoms with Crippen LogP contribution in [0.4, 0.5) is 5.95 Å². The molecule has 17 heavy (non-hydrogen) atoms. The summed E-state index contributed by atoms with van der Waals surface area (Å²) in [4.78, 5) is 8.57. The fourth-order valence-electron chi connectivity index (χ4n) is 1.64. The van der Waals surface area contributed by atoms with Crippen LogP contribution in [0, 0.1) is 0 Å². The van der Waals surface area contributed by atoms with Gasteiger partial charge in [0.1, 0.15) is 5.52 Å². The van der Waals surface area contributed by atoms with Crippen LogP contribution < -0.4 is 10.5 Å². The number of methoxy groups -OCH3 is 1. The summed E-state index contributed by atoms with van der Waals surface area (Å²) in [5.41, 5.74) is 7.33. The number of anilines is 1. The Morgan fingerprint density at radius 1 is 1.35 bits per heavy atom. The molecule has 0 saturated carbocycles. The van der Waals surface area contributed by atoms with Gasteiger partial charge in [0, 0.05) is 12.7 Å². The fraction of sp³-hybridized carbons (Fsp3) is 0.455. The molecular weight excluding hydrogens is 220 g/mol. The highest BCUT2D eigenvalue weighted by Crippen LogP contribution is 2.18. The van der Waals surface area contributed by atoms with Crippen molar-refractivity contribution in [2.75, 3.05) is 26.1 Å². The van der Waals surface area contributed by atoms with Crippen LogP contribution in [-0.2, 0) is 11.3 Å². The van der Waals surface area contributed by atoms with Crippen molar-refractivity contribution in [2.24, 2.45) is 0 Å². The summed E-state index contributed by atoms with van der Waals surface area (Å²) in [5.74, 6) is 0.996. The van der Waals surface area contributed by atoms with E-state index in [0.717, 1.165) is 11.2 Å². The van der Waals surface area contributed by atoms with Gasteiger partial charge in [0.15, 0.2) is 5.65 Å². The Morgan fingerprint density at radius 2 is 2.18 bits per heavy atom. The molecule has 0 aromatic carbocycles. The summed E-state index contributed by atoms with van der Waals surface area (Å²) in [5, 5.41) is 0. The number of nitrogens with two attached hydrogens (primary N) is 1. The smallest absolute Gasteiger partial charge is 0.215 e. The molecule has 0 atom stereocenters. The molecular formula is C11H16N4O2. The third kappa shape index (κ3) is 2.31. The summed E-state index contributed by atoms with van der Waals surface area (Å²) in [7, 11) is 1.58. The molecule has 0 spiro atoms. The predicted octanol–water partition coefficient (Wildman–Crippen LogP) is 1.06. The largest absolute Gasteiger partial charge is 0.481 e. The zero-order valence-electron chi connectivity index (χ0n) is 10.0. The van der Waals surface area contributed by atoms with Crippen LogP contribution in [-0.4, -0.2) is 34.9 Å². The maximum absolute atomic E-state index is 5.84. The lowest BCUT2D eigenvalue weighted by Gasteiger charge is -2.06. The molecule has 0 saturated heterocycles. The van der Waals surface area contributed by atoms with Gasteiger partial charge in [0.05, 0.1) is 20.3 Å². The van der Waals surface area contributed by atoms with Crippen LogP contribution >= 0.6 is 0 Å². The average molecular weight is 236 g/mol. The highest BCUT2D eigenvalue weighted by Gasteiger charge is 2.10. The molecule has 2 heterocycles. The van der Waals surface area contributed by atoms with Gasteiger partial charge in [0.25, 0.3) is 0 Å². The van der Waals surface area contributed by atoms with E-state index in [9.17, 15) is 0 Å². The third-order valence-corrected chi connectivity index (χ3v) is 2.47. The maximum atomic E-state index is 5.84. The maximum Gasteiger partial charge on any atom is 0.215 e. The lowest BCUT2D eigenvalue weighted by atomic mass is 10.4. The van der Waals surface area contributed by atoms with E-state index in [1.54, 1.807) is 13.2 Å². The molecule has 0 aliphatic carbocycles. The Bertz CT molecular complexity index is 509. The van der Waals surface area contributed by atoms with Crippen LogP contribution in [0.2, 0.25) is 0 Å². The van der Waals surface area contributed by atoms with Crippen LogP contribution in [0.5, 0.6) is 5.88 Å². The first-order chi connectivity index (χ1) is 8.26. The highest BCUT2D eigenvalue weighted by molar-refractivity contribution is 5.74. The normalized spacial score (nSPS) is 10.9. The van der Waals surface area contributed by atoms with Crippen LogP contribution in [0.15, 0.2) is 12.1 Å². The molecule has 0 aliphatic rings. The molecule has 6 nitrogen and oxygen atoms in total. The molecule has 0 radical (unpaired) electrons. The van der Waals surface area contributed by atoms with Gasteiger partial charge in [-0.05, 0) is 13.0 Å². The summed E-state index contributed by atoms with van der Waals surface area (Å²) >= 11 is 0. The van der Waals surface area contributed by atoms with E-state index in [0.29, 0.717) is 31.6 Å². The van der Waals surface area contributed by atoms with E-state index in [-0.39, 0.29) is 0 Å². The van der Waals surface area contributed by atoms with Gasteiger partial charge in [0.2, 0.25) is 11.8 Å². The molecule has 0 aliphatic heterocycles. The number of pyridine rings is 1. The minimum absolute atomic E-state index is 0.445. The molecule has 2 aromatic rings. The quantitative estimate of drug-likeness (QED) is 0.785. The number of ether oxygens (including phenoxy) is 2. The van der Waals surface area contributed by atoms with Gasteiger partial charge in [-0.3, -0.25) is 4.57 Å². The van der Waals surface area contributed by atoms with Crippen molar-refractivity contribution in [2.45, 2.75) is 13.5 Å². The Kier molecular flexibility index (Phi) is 3.43. The number of nitrogen functional groups attached to an aromatic ring is 1. The summed E-state index contributed by atoms with van der Waals surface area (Å²) in [6, 6.07) is 3.61. The number of fused-ring (bicyclic) bond motifs is 1. The van der Waals surface area contributed by atoms with Crippen molar-refractivity contribution in [3.05, 3.63) is 12.1 Å². The third-order valence-electron chi connectivity index (χ3n) is 2.47.